The second kappa shape index (κ2) is 9.82. The molecule has 154 valence electrons. The van der Waals surface area contributed by atoms with Gasteiger partial charge in [0.15, 0.2) is 0 Å². The van der Waals surface area contributed by atoms with E-state index >= 15 is 0 Å². The predicted molar refractivity (Wildman–Crippen MR) is 130 cm³/mol. The van der Waals surface area contributed by atoms with E-state index < -0.39 is 0 Å². The highest BCUT2D eigenvalue weighted by Crippen LogP contribution is 2.34. The van der Waals surface area contributed by atoms with Crippen LogP contribution in [0.2, 0.25) is 5.02 Å². The van der Waals surface area contributed by atoms with Crippen molar-refractivity contribution in [2.24, 2.45) is 0 Å². The van der Waals surface area contributed by atoms with Gasteiger partial charge in [0, 0.05) is 35.0 Å². The number of nitrogens with zero attached hydrogens (tertiary/aromatic N) is 1. The lowest BCUT2D eigenvalue weighted by atomic mass is 9.88. The predicted octanol–water partition coefficient (Wildman–Crippen LogP) is 6.81. The summed E-state index contributed by atoms with van der Waals surface area (Å²) in [5.74, 6) is 1.24. The highest BCUT2D eigenvalue weighted by molar-refractivity contribution is 9.10. The molecule has 0 saturated carbocycles. The molecule has 1 unspecified atom stereocenters. The molecule has 30 heavy (non-hydrogen) atoms. The third-order valence-electron chi connectivity index (χ3n) is 5.68. The third-order valence-corrected chi connectivity index (χ3v) is 6.46. The highest BCUT2D eigenvalue weighted by atomic mass is 79.9. The van der Waals surface area contributed by atoms with Gasteiger partial charge in [0.1, 0.15) is 5.75 Å². The molecule has 0 fully saturated rings. The molecule has 0 aromatic heterocycles. The van der Waals surface area contributed by atoms with Gasteiger partial charge in [-0.05, 0) is 65.1 Å². The number of fused-ring (bicyclic) bond motifs is 1. The minimum Gasteiger partial charge on any atom is -0.497 e. The van der Waals surface area contributed by atoms with Crippen molar-refractivity contribution in [1.82, 2.24) is 4.90 Å². The summed E-state index contributed by atoms with van der Waals surface area (Å²) in [5, 5.41) is 0.769. The zero-order valence-electron chi connectivity index (χ0n) is 17.0. The molecular weight excluding hydrogens is 458 g/mol. The lowest BCUT2D eigenvalue weighted by molar-refractivity contribution is 0.306. The molecule has 2 nitrogen and oxygen atoms in total. The number of halogens is 2. The van der Waals surface area contributed by atoms with Gasteiger partial charge in [-0.25, -0.2) is 0 Å². The summed E-state index contributed by atoms with van der Waals surface area (Å²) >= 11 is 9.56. The van der Waals surface area contributed by atoms with Gasteiger partial charge in [-0.3, -0.25) is 4.90 Å². The first-order valence-electron chi connectivity index (χ1n) is 10.2. The van der Waals surface area contributed by atoms with Crippen molar-refractivity contribution >= 4 is 33.6 Å². The van der Waals surface area contributed by atoms with E-state index in [0.717, 1.165) is 41.3 Å². The maximum Gasteiger partial charge on any atom is 0.119 e. The largest absolute Gasteiger partial charge is 0.497 e. The Morgan fingerprint density at radius 1 is 1.07 bits per heavy atom. The summed E-state index contributed by atoms with van der Waals surface area (Å²) in [6, 6.07) is 23.2. The Kier molecular flexibility index (Phi) is 6.93. The topological polar surface area (TPSA) is 12.5 Å². The second-order valence-corrected chi connectivity index (χ2v) is 8.98. The fraction of sp³-hybridized carbons (Fsp3) is 0.231. The Balaban J connectivity index is 1.58. The van der Waals surface area contributed by atoms with E-state index in [0.29, 0.717) is 5.92 Å². The molecule has 4 heteroatoms. The van der Waals surface area contributed by atoms with Crippen molar-refractivity contribution in [3.63, 3.8) is 0 Å². The summed E-state index contributed by atoms with van der Waals surface area (Å²) in [6.07, 6.45) is 5.46. The second-order valence-electron chi connectivity index (χ2n) is 7.63. The van der Waals surface area contributed by atoms with Crippen molar-refractivity contribution in [3.05, 3.63) is 105 Å². The van der Waals surface area contributed by atoms with Crippen molar-refractivity contribution < 1.29 is 4.74 Å². The summed E-state index contributed by atoms with van der Waals surface area (Å²) < 4.78 is 6.64. The van der Waals surface area contributed by atoms with E-state index in [-0.39, 0.29) is 0 Å². The highest BCUT2D eigenvalue weighted by Gasteiger charge is 2.24. The number of methoxy groups -OCH3 is 1. The number of hydrogen-bond donors (Lipinski definition) is 0. The van der Waals surface area contributed by atoms with Crippen LogP contribution in [-0.2, 0) is 6.42 Å². The molecule has 0 spiro atoms. The molecule has 1 aliphatic heterocycles. The zero-order chi connectivity index (χ0) is 20.9. The van der Waals surface area contributed by atoms with Crippen molar-refractivity contribution in [2.75, 3.05) is 26.7 Å². The van der Waals surface area contributed by atoms with Crippen molar-refractivity contribution in [1.29, 1.82) is 0 Å². The Morgan fingerprint density at radius 2 is 1.83 bits per heavy atom. The summed E-state index contributed by atoms with van der Waals surface area (Å²) in [7, 11) is 1.74. The summed E-state index contributed by atoms with van der Waals surface area (Å²) in [5.41, 5.74) is 5.29. The minimum absolute atomic E-state index is 0.314. The van der Waals surface area contributed by atoms with Crippen LogP contribution in [0.3, 0.4) is 0 Å². The molecule has 1 heterocycles. The molecule has 0 N–H and O–H groups in total. The van der Waals surface area contributed by atoms with Crippen LogP contribution in [0.15, 0.2) is 77.3 Å². The van der Waals surface area contributed by atoms with Crippen LogP contribution >= 0.6 is 27.5 Å². The molecule has 0 radical (unpaired) electrons. The monoisotopic (exact) mass is 481 g/mol. The maximum atomic E-state index is 5.99. The van der Waals surface area contributed by atoms with Gasteiger partial charge in [0.25, 0.3) is 0 Å². The van der Waals surface area contributed by atoms with E-state index in [2.05, 4.69) is 75.4 Å². The van der Waals surface area contributed by atoms with E-state index in [1.807, 2.05) is 24.3 Å². The van der Waals surface area contributed by atoms with E-state index in [9.17, 15) is 0 Å². The van der Waals surface area contributed by atoms with Crippen LogP contribution in [0.4, 0.5) is 0 Å². The van der Waals surface area contributed by atoms with Crippen molar-refractivity contribution in [3.8, 4) is 5.75 Å². The zero-order valence-corrected chi connectivity index (χ0v) is 19.4. The molecule has 0 saturated heterocycles. The number of ether oxygens (including phenoxy) is 1. The Bertz CT molecular complexity index is 1010. The van der Waals surface area contributed by atoms with Crippen molar-refractivity contribution in [2.45, 2.75) is 12.3 Å². The third kappa shape index (κ3) is 5.15. The molecule has 3 aromatic carbocycles. The molecular formula is C26H25BrClNO. The first-order valence-corrected chi connectivity index (χ1v) is 11.4. The fourth-order valence-electron chi connectivity index (χ4n) is 4.04. The minimum atomic E-state index is 0.314. The quantitative estimate of drug-likeness (QED) is 0.396. The van der Waals surface area contributed by atoms with E-state index in [4.69, 9.17) is 16.3 Å². The van der Waals surface area contributed by atoms with Gasteiger partial charge in [0.05, 0.1) is 7.11 Å². The van der Waals surface area contributed by atoms with Crippen LogP contribution in [0, 0.1) is 0 Å². The Morgan fingerprint density at radius 3 is 2.57 bits per heavy atom. The van der Waals surface area contributed by atoms with Gasteiger partial charge in [0.2, 0.25) is 0 Å². The number of hydrogen-bond acceptors (Lipinski definition) is 2. The van der Waals surface area contributed by atoms with Gasteiger partial charge in [-0.15, -0.1) is 0 Å². The smallest absolute Gasteiger partial charge is 0.119 e. The first kappa shape index (κ1) is 21.2. The van der Waals surface area contributed by atoms with Crippen LogP contribution in [-0.4, -0.2) is 31.6 Å². The molecule has 0 bridgehead atoms. The van der Waals surface area contributed by atoms with Crippen LogP contribution < -0.4 is 4.74 Å². The van der Waals surface area contributed by atoms with Crippen LogP contribution in [0.1, 0.15) is 28.2 Å². The lowest BCUT2D eigenvalue weighted by Crippen LogP contribution is -2.29. The molecule has 4 rings (SSSR count). The Labute approximate surface area is 192 Å². The van der Waals surface area contributed by atoms with E-state index in [1.165, 1.54) is 22.3 Å². The van der Waals surface area contributed by atoms with Crippen LogP contribution in [0.5, 0.6) is 5.75 Å². The molecule has 3 aromatic rings. The maximum absolute atomic E-state index is 5.99. The summed E-state index contributed by atoms with van der Waals surface area (Å²) in [4.78, 5) is 2.53. The van der Waals surface area contributed by atoms with Gasteiger partial charge in [-0.2, -0.15) is 0 Å². The average molecular weight is 483 g/mol. The standard InChI is InChI=1S/C26H25BrClNO/c1-30-24-13-8-21-14-16-29(15-2-3-19-4-11-23(28)12-5-19)18-26(25(21)17-24)20-6-9-22(27)10-7-20/h2-13,17,26H,14-16,18H2,1H3/b3-2+. The molecule has 1 atom stereocenters. The molecule has 1 aliphatic rings. The lowest BCUT2D eigenvalue weighted by Gasteiger charge is -2.24. The SMILES string of the molecule is COc1ccc2c(c1)C(c1ccc(Br)cc1)CN(C/C=C/c1ccc(Cl)cc1)CC2. The summed E-state index contributed by atoms with van der Waals surface area (Å²) in [6.45, 7) is 2.94. The molecule has 0 amide bonds. The van der Waals surface area contributed by atoms with Crippen LogP contribution in [0.25, 0.3) is 6.08 Å². The van der Waals surface area contributed by atoms with E-state index in [1.54, 1.807) is 7.11 Å². The number of rotatable bonds is 5. The normalized spacial score (nSPS) is 17.0. The molecule has 0 aliphatic carbocycles. The van der Waals surface area contributed by atoms with Gasteiger partial charge < -0.3 is 4.74 Å². The first-order chi connectivity index (χ1) is 14.6. The fourth-order valence-corrected chi connectivity index (χ4v) is 4.43. The Hall–Kier alpha value is -2.07. The average Bonchev–Trinajstić information content (AvgIpc) is 2.95. The van der Waals surface area contributed by atoms with Gasteiger partial charge in [-0.1, -0.05) is 70.0 Å². The van der Waals surface area contributed by atoms with Gasteiger partial charge >= 0.3 is 0 Å². The number of benzene rings is 3.